The van der Waals surface area contributed by atoms with Crippen LogP contribution in [-0.4, -0.2) is 15.0 Å². The Morgan fingerprint density at radius 3 is 2.76 bits per heavy atom. The van der Waals surface area contributed by atoms with E-state index in [4.69, 9.17) is 17.3 Å². The van der Waals surface area contributed by atoms with Crippen LogP contribution in [0.1, 0.15) is 24.6 Å². The van der Waals surface area contributed by atoms with Gasteiger partial charge in [0.15, 0.2) is 0 Å². The van der Waals surface area contributed by atoms with Gasteiger partial charge in [0, 0.05) is 12.1 Å². The molecule has 4 nitrogen and oxygen atoms in total. The summed E-state index contributed by atoms with van der Waals surface area (Å²) in [6, 6.07) is 8.13. The fourth-order valence-corrected chi connectivity index (χ4v) is 2.20. The molecule has 1 aromatic carbocycles. The lowest BCUT2D eigenvalue weighted by Gasteiger charge is -2.05. The average molecular weight is 249 g/mol. The fourth-order valence-electron chi connectivity index (χ4n) is 1.98. The third kappa shape index (κ3) is 1.83. The quantitative estimate of drug-likeness (QED) is 0.908. The van der Waals surface area contributed by atoms with Crippen molar-refractivity contribution in [2.24, 2.45) is 5.73 Å². The first kappa shape index (κ1) is 10.7. The van der Waals surface area contributed by atoms with Crippen LogP contribution in [0, 0.1) is 0 Å². The molecule has 5 heteroatoms. The van der Waals surface area contributed by atoms with Crippen molar-refractivity contribution in [3.63, 3.8) is 0 Å². The van der Waals surface area contributed by atoms with Gasteiger partial charge in [-0.25, -0.2) is 4.68 Å². The molecule has 0 unspecified atom stereocenters. The third-order valence-electron chi connectivity index (χ3n) is 3.01. The minimum atomic E-state index is 0.435. The van der Waals surface area contributed by atoms with Crippen molar-refractivity contribution in [2.45, 2.75) is 25.4 Å². The van der Waals surface area contributed by atoms with E-state index in [1.165, 1.54) is 12.8 Å². The monoisotopic (exact) mass is 248 g/mol. The van der Waals surface area contributed by atoms with Gasteiger partial charge in [-0.05, 0) is 18.9 Å². The van der Waals surface area contributed by atoms with Crippen LogP contribution in [-0.2, 0) is 6.54 Å². The molecule has 1 aliphatic rings. The fraction of sp³-hybridized carbons (Fsp3) is 0.333. The van der Waals surface area contributed by atoms with E-state index < -0.39 is 0 Å². The van der Waals surface area contributed by atoms with Gasteiger partial charge in [-0.3, -0.25) is 0 Å². The molecule has 2 aromatic rings. The molecule has 3 rings (SSSR count). The minimum absolute atomic E-state index is 0.435. The van der Waals surface area contributed by atoms with Gasteiger partial charge in [0.2, 0.25) is 0 Å². The summed E-state index contributed by atoms with van der Waals surface area (Å²) < 4.78 is 1.94. The Hall–Kier alpha value is -1.39. The number of benzene rings is 1. The molecule has 0 bridgehead atoms. The first-order chi connectivity index (χ1) is 8.31. The SMILES string of the molecule is NCc1c(-c2ccccc2Cl)nnn1C1CC1. The second kappa shape index (κ2) is 4.13. The van der Waals surface area contributed by atoms with Crippen molar-refractivity contribution < 1.29 is 0 Å². The van der Waals surface area contributed by atoms with E-state index in [0.717, 1.165) is 17.0 Å². The molecule has 0 spiro atoms. The molecule has 1 aromatic heterocycles. The summed E-state index contributed by atoms with van der Waals surface area (Å²) in [6.07, 6.45) is 2.33. The average Bonchev–Trinajstić information content (AvgIpc) is 3.10. The normalized spacial score (nSPS) is 15.2. The highest BCUT2D eigenvalue weighted by Gasteiger charge is 2.28. The Labute approximate surface area is 104 Å². The van der Waals surface area contributed by atoms with Gasteiger partial charge in [-0.15, -0.1) is 5.10 Å². The van der Waals surface area contributed by atoms with Crippen molar-refractivity contribution in [1.29, 1.82) is 0 Å². The van der Waals surface area contributed by atoms with Gasteiger partial charge in [-0.1, -0.05) is 35.0 Å². The largest absolute Gasteiger partial charge is 0.325 e. The molecule has 0 atom stereocenters. The maximum Gasteiger partial charge on any atom is 0.119 e. The zero-order chi connectivity index (χ0) is 11.8. The van der Waals surface area contributed by atoms with Crippen LogP contribution < -0.4 is 5.73 Å². The number of hydrogen-bond acceptors (Lipinski definition) is 3. The minimum Gasteiger partial charge on any atom is -0.325 e. The molecule has 0 amide bonds. The third-order valence-corrected chi connectivity index (χ3v) is 3.34. The lowest BCUT2D eigenvalue weighted by atomic mass is 10.1. The highest BCUT2D eigenvalue weighted by molar-refractivity contribution is 6.33. The Balaban J connectivity index is 2.11. The van der Waals surface area contributed by atoms with Gasteiger partial charge in [0.1, 0.15) is 5.69 Å². The predicted molar refractivity (Wildman–Crippen MR) is 66.6 cm³/mol. The van der Waals surface area contributed by atoms with Gasteiger partial charge in [0.25, 0.3) is 0 Å². The van der Waals surface area contributed by atoms with Crippen molar-refractivity contribution in [1.82, 2.24) is 15.0 Å². The maximum absolute atomic E-state index is 6.17. The predicted octanol–water partition coefficient (Wildman–Crippen LogP) is 2.39. The second-order valence-electron chi connectivity index (χ2n) is 4.24. The molecule has 17 heavy (non-hydrogen) atoms. The van der Waals surface area contributed by atoms with Gasteiger partial charge < -0.3 is 5.73 Å². The number of rotatable bonds is 3. The summed E-state index contributed by atoms with van der Waals surface area (Å²) in [5, 5.41) is 9.11. The van der Waals surface area contributed by atoms with E-state index in [0.29, 0.717) is 17.6 Å². The maximum atomic E-state index is 6.17. The molecule has 1 heterocycles. The van der Waals surface area contributed by atoms with Crippen LogP contribution in [0.2, 0.25) is 5.02 Å². The first-order valence-electron chi connectivity index (χ1n) is 5.70. The van der Waals surface area contributed by atoms with Crippen LogP contribution >= 0.6 is 11.6 Å². The van der Waals surface area contributed by atoms with Crippen molar-refractivity contribution in [2.75, 3.05) is 0 Å². The summed E-state index contributed by atoms with van der Waals surface area (Å²) >= 11 is 6.17. The molecule has 1 fully saturated rings. The van der Waals surface area contributed by atoms with Crippen LogP contribution in [0.3, 0.4) is 0 Å². The van der Waals surface area contributed by atoms with E-state index in [2.05, 4.69) is 10.3 Å². The summed E-state index contributed by atoms with van der Waals surface area (Å²) in [5.41, 5.74) is 8.49. The molecular formula is C12H13ClN4. The molecule has 1 aliphatic carbocycles. The van der Waals surface area contributed by atoms with Gasteiger partial charge >= 0.3 is 0 Å². The summed E-state index contributed by atoms with van der Waals surface area (Å²) in [7, 11) is 0. The van der Waals surface area contributed by atoms with E-state index in [-0.39, 0.29) is 0 Å². The molecule has 0 aliphatic heterocycles. The highest BCUT2D eigenvalue weighted by atomic mass is 35.5. The number of aromatic nitrogens is 3. The van der Waals surface area contributed by atoms with Crippen LogP contribution in [0.15, 0.2) is 24.3 Å². The van der Waals surface area contributed by atoms with E-state index >= 15 is 0 Å². The van der Waals surface area contributed by atoms with Gasteiger partial charge in [0.05, 0.1) is 16.8 Å². The Morgan fingerprint density at radius 2 is 2.12 bits per heavy atom. The second-order valence-corrected chi connectivity index (χ2v) is 4.65. The van der Waals surface area contributed by atoms with Crippen LogP contribution in [0.25, 0.3) is 11.3 Å². The first-order valence-corrected chi connectivity index (χ1v) is 6.08. The van der Waals surface area contributed by atoms with E-state index in [1.54, 1.807) is 0 Å². The smallest absolute Gasteiger partial charge is 0.119 e. The van der Waals surface area contributed by atoms with Crippen molar-refractivity contribution in [3.8, 4) is 11.3 Å². The standard InChI is InChI=1S/C12H13ClN4/c13-10-4-2-1-3-9(10)12-11(7-14)17(16-15-12)8-5-6-8/h1-4,8H,5-7,14H2. The molecule has 0 radical (unpaired) electrons. The molecule has 0 saturated heterocycles. The van der Waals surface area contributed by atoms with Crippen molar-refractivity contribution >= 4 is 11.6 Å². The lowest BCUT2D eigenvalue weighted by Crippen LogP contribution is -2.08. The summed E-state index contributed by atoms with van der Waals surface area (Å²) in [6.45, 7) is 0.435. The number of hydrogen-bond donors (Lipinski definition) is 1. The lowest BCUT2D eigenvalue weighted by molar-refractivity contribution is 0.583. The van der Waals surface area contributed by atoms with Crippen LogP contribution in [0.4, 0.5) is 0 Å². The summed E-state index contributed by atoms with van der Waals surface area (Å²) in [4.78, 5) is 0. The zero-order valence-corrected chi connectivity index (χ0v) is 10.1. The molecule has 2 N–H and O–H groups in total. The zero-order valence-electron chi connectivity index (χ0n) is 9.31. The van der Waals surface area contributed by atoms with Gasteiger partial charge in [-0.2, -0.15) is 0 Å². The van der Waals surface area contributed by atoms with Crippen LogP contribution in [0.5, 0.6) is 0 Å². The summed E-state index contributed by atoms with van der Waals surface area (Å²) in [5.74, 6) is 0. The topological polar surface area (TPSA) is 56.7 Å². The van der Waals surface area contributed by atoms with Crippen molar-refractivity contribution in [3.05, 3.63) is 35.0 Å². The van der Waals surface area contributed by atoms with E-state index in [1.807, 2.05) is 28.9 Å². The van der Waals surface area contributed by atoms with E-state index in [9.17, 15) is 0 Å². The number of halogens is 1. The Kier molecular flexibility index (Phi) is 2.61. The Bertz CT molecular complexity index is 545. The number of nitrogens with zero attached hydrogens (tertiary/aromatic N) is 3. The Morgan fingerprint density at radius 1 is 1.35 bits per heavy atom. The molecule has 1 saturated carbocycles. The highest BCUT2D eigenvalue weighted by Crippen LogP contribution is 2.37. The molecule has 88 valence electrons. The number of nitrogens with two attached hydrogens (primary N) is 1. The molecular weight excluding hydrogens is 236 g/mol.